The van der Waals surface area contributed by atoms with Crippen LogP contribution in [0.3, 0.4) is 0 Å². The van der Waals surface area contributed by atoms with Crippen LogP contribution in [0.1, 0.15) is 11.1 Å². The van der Waals surface area contributed by atoms with Crippen LogP contribution in [0.2, 0.25) is 0 Å². The summed E-state index contributed by atoms with van der Waals surface area (Å²) in [4.78, 5) is 14.9. The molecule has 0 aliphatic heterocycles. The molecule has 1 aromatic carbocycles. The number of aromatic nitrogens is 3. The number of nitrogens with two attached hydrogens (primary N) is 1. The Hall–Kier alpha value is -2.82. The van der Waals surface area contributed by atoms with Gasteiger partial charge in [0.15, 0.2) is 11.2 Å². The number of aromatic amines is 2. The van der Waals surface area contributed by atoms with Crippen molar-refractivity contribution in [3.05, 3.63) is 58.0 Å². The summed E-state index contributed by atoms with van der Waals surface area (Å²) in [6.45, 7) is 4.10. The highest BCUT2D eigenvalue weighted by Crippen LogP contribution is 2.33. The van der Waals surface area contributed by atoms with E-state index < -0.39 is 0 Å². The van der Waals surface area contributed by atoms with Crippen molar-refractivity contribution in [1.29, 1.82) is 0 Å². The van der Waals surface area contributed by atoms with E-state index in [9.17, 15) is 4.79 Å². The van der Waals surface area contributed by atoms with Gasteiger partial charge in [-0.1, -0.05) is 18.2 Å². The molecular formula is C16H16N4O. The van der Waals surface area contributed by atoms with Crippen molar-refractivity contribution < 1.29 is 0 Å². The second-order valence-electron chi connectivity index (χ2n) is 5.08. The van der Waals surface area contributed by atoms with Gasteiger partial charge in [0, 0.05) is 18.5 Å². The molecule has 0 saturated heterocycles. The Labute approximate surface area is 121 Å². The summed E-state index contributed by atoms with van der Waals surface area (Å²) in [6.07, 6.45) is 3.25. The van der Waals surface area contributed by atoms with Crippen LogP contribution in [0.4, 0.5) is 5.82 Å². The van der Waals surface area contributed by atoms with E-state index in [0.717, 1.165) is 11.1 Å². The summed E-state index contributed by atoms with van der Waals surface area (Å²) in [7, 11) is 0. The fourth-order valence-electron chi connectivity index (χ4n) is 2.35. The van der Waals surface area contributed by atoms with Crippen LogP contribution in [-0.4, -0.2) is 15.2 Å². The molecule has 0 aliphatic rings. The zero-order valence-electron chi connectivity index (χ0n) is 11.9. The summed E-state index contributed by atoms with van der Waals surface area (Å²) >= 11 is 0. The third kappa shape index (κ3) is 2.23. The highest BCUT2D eigenvalue weighted by molar-refractivity contribution is 5.87. The number of rotatable bonds is 2. The number of nitrogens with one attached hydrogen (secondary N) is 2. The minimum absolute atomic E-state index is 0.0810. The van der Waals surface area contributed by atoms with Crippen molar-refractivity contribution >= 4 is 5.82 Å². The minimum atomic E-state index is -0.0810. The third-order valence-corrected chi connectivity index (χ3v) is 3.68. The number of nitrogens with zero attached hydrogens (tertiary/aromatic N) is 1. The molecule has 0 fully saturated rings. The second kappa shape index (κ2) is 4.94. The van der Waals surface area contributed by atoms with Crippen LogP contribution >= 0.6 is 0 Å². The average Bonchev–Trinajstić information content (AvgIpc) is 2.84. The molecule has 0 atom stereocenters. The van der Waals surface area contributed by atoms with Crippen LogP contribution in [0.5, 0.6) is 0 Å². The van der Waals surface area contributed by atoms with Gasteiger partial charge < -0.3 is 10.7 Å². The van der Waals surface area contributed by atoms with Gasteiger partial charge in [0.05, 0.1) is 16.8 Å². The SMILES string of the molecule is Cc1ccc(-c2c(N)n[nH]c2-c2c[nH]ccc2=O)cc1C. The Morgan fingerprint density at radius 3 is 2.67 bits per heavy atom. The summed E-state index contributed by atoms with van der Waals surface area (Å²) in [5, 5.41) is 6.93. The predicted molar refractivity (Wildman–Crippen MR) is 84.0 cm³/mol. The van der Waals surface area contributed by atoms with E-state index in [4.69, 9.17) is 5.73 Å². The largest absolute Gasteiger partial charge is 0.382 e. The second-order valence-corrected chi connectivity index (χ2v) is 5.08. The smallest absolute Gasteiger partial charge is 0.190 e. The Kier molecular flexibility index (Phi) is 3.10. The molecule has 0 spiro atoms. The normalized spacial score (nSPS) is 10.8. The monoisotopic (exact) mass is 280 g/mol. The van der Waals surface area contributed by atoms with Crippen molar-refractivity contribution in [1.82, 2.24) is 15.2 Å². The Morgan fingerprint density at radius 2 is 1.95 bits per heavy atom. The zero-order valence-corrected chi connectivity index (χ0v) is 11.9. The van der Waals surface area contributed by atoms with E-state index in [0.29, 0.717) is 17.1 Å². The highest BCUT2D eigenvalue weighted by atomic mass is 16.1. The lowest BCUT2D eigenvalue weighted by Gasteiger charge is -2.07. The number of pyridine rings is 1. The average molecular weight is 280 g/mol. The van der Waals surface area contributed by atoms with E-state index in [-0.39, 0.29) is 5.43 Å². The van der Waals surface area contributed by atoms with E-state index in [1.165, 1.54) is 17.2 Å². The lowest BCUT2D eigenvalue weighted by molar-refractivity contribution is 1.10. The molecule has 5 nitrogen and oxygen atoms in total. The maximum Gasteiger partial charge on any atom is 0.190 e. The van der Waals surface area contributed by atoms with Gasteiger partial charge in [-0.2, -0.15) is 5.10 Å². The van der Waals surface area contributed by atoms with E-state index >= 15 is 0 Å². The Bertz CT molecular complexity index is 861. The molecule has 106 valence electrons. The number of nitrogen functional groups attached to an aromatic ring is 1. The molecule has 0 radical (unpaired) electrons. The molecule has 3 rings (SSSR count). The molecule has 0 amide bonds. The third-order valence-electron chi connectivity index (χ3n) is 3.68. The van der Waals surface area contributed by atoms with Gasteiger partial charge in [-0.3, -0.25) is 9.89 Å². The number of H-pyrrole nitrogens is 2. The summed E-state index contributed by atoms with van der Waals surface area (Å²) in [5.74, 6) is 0.386. The fraction of sp³-hybridized carbons (Fsp3) is 0.125. The minimum Gasteiger partial charge on any atom is -0.382 e. The van der Waals surface area contributed by atoms with Gasteiger partial charge in [-0.15, -0.1) is 0 Å². The molecule has 0 bridgehead atoms. The topological polar surface area (TPSA) is 87.6 Å². The van der Waals surface area contributed by atoms with Crippen molar-refractivity contribution in [3.63, 3.8) is 0 Å². The lowest BCUT2D eigenvalue weighted by atomic mass is 9.98. The fourth-order valence-corrected chi connectivity index (χ4v) is 2.35. The van der Waals surface area contributed by atoms with Crippen molar-refractivity contribution in [2.24, 2.45) is 0 Å². The van der Waals surface area contributed by atoms with E-state index in [1.54, 1.807) is 12.4 Å². The molecule has 5 heteroatoms. The number of anilines is 1. The predicted octanol–water partition coefficient (Wildman–Crippen LogP) is 2.63. The summed E-state index contributed by atoms with van der Waals surface area (Å²) in [5.41, 5.74) is 11.2. The summed E-state index contributed by atoms with van der Waals surface area (Å²) in [6, 6.07) is 7.56. The van der Waals surface area contributed by atoms with Gasteiger partial charge in [0.1, 0.15) is 0 Å². The maximum absolute atomic E-state index is 12.0. The first-order valence-electron chi connectivity index (χ1n) is 6.67. The first kappa shape index (κ1) is 13.2. The first-order valence-corrected chi connectivity index (χ1v) is 6.67. The number of benzene rings is 1. The van der Waals surface area contributed by atoms with E-state index in [1.807, 2.05) is 19.1 Å². The molecule has 0 unspecified atom stereocenters. The summed E-state index contributed by atoms with van der Waals surface area (Å²) < 4.78 is 0. The van der Waals surface area contributed by atoms with Crippen molar-refractivity contribution in [3.8, 4) is 22.4 Å². The standard InChI is InChI=1S/C16H16N4O/c1-9-3-4-11(7-10(9)2)14-15(19-20-16(14)17)12-8-18-6-5-13(12)21/h3-8H,1-2H3,(H,18,21)(H3,17,19,20). The van der Waals surface area contributed by atoms with Crippen LogP contribution in [-0.2, 0) is 0 Å². The van der Waals surface area contributed by atoms with Gasteiger partial charge in [-0.05, 0) is 30.5 Å². The Morgan fingerprint density at radius 1 is 1.14 bits per heavy atom. The zero-order chi connectivity index (χ0) is 15.0. The van der Waals surface area contributed by atoms with Crippen LogP contribution in [0, 0.1) is 13.8 Å². The Balaban J connectivity index is 2.25. The molecule has 0 aliphatic carbocycles. The van der Waals surface area contributed by atoms with Crippen LogP contribution in [0.25, 0.3) is 22.4 Å². The molecule has 2 aromatic heterocycles. The number of hydrogen-bond donors (Lipinski definition) is 3. The highest BCUT2D eigenvalue weighted by Gasteiger charge is 2.17. The van der Waals surface area contributed by atoms with Gasteiger partial charge >= 0.3 is 0 Å². The van der Waals surface area contributed by atoms with Gasteiger partial charge in [0.2, 0.25) is 0 Å². The van der Waals surface area contributed by atoms with Gasteiger partial charge in [-0.25, -0.2) is 0 Å². The van der Waals surface area contributed by atoms with Crippen molar-refractivity contribution in [2.75, 3.05) is 5.73 Å². The number of aryl methyl sites for hydroxylation is 2. The first-order chi connectivity index (χ1) is 10.1. The van der Waals surface area contributed by atoms with Crippen molar-refractivity contribution in [2.45, 2.75) is 13.8 Å². The number of hydrogen-bond acceptors (Lipinski definition) is 3. The molecule has 4 N–H and O–H groups in total. The quantitative estimate of drug-likeness (QED) is 0.674. The molecular weight excluding hydrogens is 264 g/mol. The molecule has 2 heterocycles. The van der Waals surface area contributed by atoms with Crippen LogP contribution < -0.4 is 11.2 Å². The van der Waals surface area contributed by atoms with E-state index in [2.05, 4.69) is 28.2 Å². The van der Waals surface area contributed by atoms with Gasteiger partial charge in [0.25, 0.3) is 0 Å². The molecule has 3 aromatic rings. The molecule has 21 heavy (non-hydrogen) atoms. The molecule has 0 saturated carbocycles. The maximum atomic E-state index is 12.0. The lowest BCUT2D eigenvalue weighted by Crippen LogP contribution is -2.03. The van der Waals surface area contributed by atoms with Crippen LogP contribution in [0.15, 0.2) is 41.5 Å².